The van der Waals surface area contributed by atoms with Gasteiger partial charge in [0.1, 0.15) is 0 Å². The van der Waals surface area contributed by atoms with Crippen LogP contribution in [0.5, 0.6) is 0 Å². The molecule has 0 aliphatic heterocycles. The predicted octanol–water partition coefficient (Wildman–Crippen LogP) is 1.85. The molecule has 0 heterocycles. The fourth-order valence-corrected chi connectivity index (χ4v) is 1.43. The number of hydrogen-bond donors (Lipinski definition) is 1. The molecule has 82 valence electrons. The van der Waals surface area contributed by atoms with Crippen molar-refractivity contribution in [3.63, 3.8) is 0 Å². The van der Waals surface area contributed by atoms with E-state index in [1.165, 1.54) is 0 Å². The molecule has 1 aromatic carbocycles. The summed E-state index contributed by atoms with van der Waals surface area (Å²) in [6, 6.07) is 8.86. The second kappa shape index (κ2) is 4.94. The minimum Gasteiger partial charge on any atom is -0.464 e. The molecule has 1 aromatic rings. The number of esters is 1. The van der Waals surface area contributed by atoms with Crippen LogP contribution in [0.2, 0.25) is 0 Å². The number of benzene rings is 1. The average Bonchev–Trinajstić information content (AvgIpc) is 2.29. The Balaban J connectivity index is 3.00. The lowest BCUT2D eigenvalue weighted by molar-refractivity contribution is -0.166. The van der Waals surface area contributed by atoms with Crippen LogP contribution < -0.4 is 0 Å². The highest BCUT2D eigenvalue weighted by molar-refractivity contribution is 5.80. The Hall–Kier alpha value is -1.35. The van der Waals surface area contributed by atoms with E-state index >= 15 is 0 Å². The van der Waals surface area contributed by atoms with Gasteiger partial charge in [0, 0.05) is 0 Å². The van der Waals surface area contributed by atoms with Crippen molar-refractivity contribution in [3.05, 3.63) is 35.9 Å². The van der Waals surface area contributed by atoms with Crippen molar-refractivity contribution in [2.45, 2.75) is 25.9 Å². The van der Waals surface area contributed by atoms with E-state index in [2.05, 4.69) is 0 Å². The number of carbonyl (C=O) groups is 1. The Morgan fingerprint density at radius 3 is 2.40 bits per heavy atom. The van der Waals surface area contributed by atoms with Gasteiger partial charge in [0.25, 0.3) is 0 Å². The summed E-state index contributed by atoms with van der Waals surface area (Å²) in [6.07, 6.45) is 0.301. The van der Waals surface area contributed by atoms with Crippen LogP contribution in [-0.4, -0.2) is 17.7 Å². The van der Waals surface area contributed by atoms with Crippen LogP contribution in [0.4, 0.5) is 0 Å². The molecular weight excluding hydrogens is 192 g/mol. The minimum absolute atomic E-state index is 0.272. The van der Waals surface area contributed by atoms with Crippen molar-refractivity contribution in [1.29, 1.82) is 0 Å². The molecule has 0 fully saturated rings. The third-order valence-corrected chi connectivity index (χ3v) is 2.38. The van der Waals surface area contributed by atoms with Crippen LogP contribution in [0.1, 0.15) is 25.8 Å². The zero-order valence-corrected chi connectivity index (χ0v) is 9.06. The highest BCUT2D eigenvalue weighted by Crippen LogP contribution is 2.26. The minimum atomic E-state index is -1.52. The van der Waals surface area contributed by atoms with Gasteiger partial charge < -0.3 is 9.84 Å². The highest BCUT2D eigenvalue weighted by Gasteiger charge is 2.37. The van der Waals surface area contributed by atoms with E-state index in [1.807, 2.05) is 6.07 Å². The normalized spacial score (nSPS) is 14.3. The van der Waals surface area contributed by atoms with Gasteiger partial charge in [-0.3, -0.25) is 0 Å². The number of ether oxygens (including phenoxy) is 1. The van der Waals surface area contributed by atoms with Gasteiger partial charge in [-0.2, -0.15) is 0 Å². The van der Waals surface area contributed by atoms with Gasteiger partial charge in [0.2, 0.25) is 0 Å². The van der Waals surface area contributed by atoms with Crippen LogP contribution >= 0.6 is 0 Å². The van der Waals surface area contributed by atoms with Crippen LogP contribution in [0.25, 0.3) is 0 Å². The molecule has 3 heteroatoms. The molecule has 1 atom stereocenters. The summed E-state index contributed by atoms with van der Waals surface area (Å²) in [6.45, 7) is 3.75. The van der Waals surface area contributed by atoms with Gasteiger partial charge in [-0.15, -0.1) is 0 Å². The van der Waals surface area contributed by atoms with Crippen molar-refractivity contribution in [2.75, 3.05) is 6.61 Å². The SMILES string of the molecule is CCOC(=O)[C@](O)(CC)c1ccccc1. The van der Waals surface area contributed by atoms with Crippen molar-refractivity contribution in [1.82, 2.24) is 0 Å². The van der Waals surface area contributed by atoms with E-state index in [-0.39, 0.29) is 6.61 Å². The van der Waals surface area contributed by atoms with Crippen LogP contribution in [0, 0.1) is 0 Å². The summed E-state index contributed by atoms with van der Waals surface area (Å²) in [7, 11) is 0. The first kappa shape index (κ1) is 11.7. The molecule has 15 heavy (non-hydrogen) atoms. The molecule has 1 rings (SSSR count). The summed E-state index contributed by atoms with van der Waals surface area (Å²) >= 11 is 0. The van der Waals surface area contributed by atoms with Gasteiger partial charge in [-0.25, -0.2) is 4.79 Å². The molecule has 1 N–H and O–H groups in total. The first-order valence-corrected chi connectivity index (χ1v) is 5.10. The molecule has 0 spiro atoms. The standard InChI is InChI=1S/C12H16O3/c1-3-12(14,11(13)15-4-2)10-8-6-5-7-9-10/h5-9,14H,3-4H2,1-2H3/t12-/m0/s1. The van der Waals surface area contributed by atoms with E-state index in [4.69, 9.17) is 4.74 Å². The topological polar surface area (TPSA) is 46.5 Å². The monoisotopic (exact) mass is 208 g/mol. The molecule has 0 radical (unpaired) electrons. The Bertz CT molecular complexity index is 321. The zero-order valence-electron chi connectivity index (χ0n) is 9.06. The van der Waals surface area contributed by atoms with E-state index in [0.29, 0.717) is 12.0 Å². The van der Waals surface area contributed by atoms with Crippen molar-refractivity contribution >= 4 is 5.97 Å². The molecule has 0 bridgehead atoms. The number of hydrogen-bond acceptors (Lipinski definition) is 3. The Morgan fingerprint density at radius 1 is 1.33 bits per heavy atom. The van der Waals surface area contributed by atoms with E-state index in [0.717, 1.165) is 0 Å². The second-order valence-corrected chi connectivity index (χ2v) is 3.30. The van der Waals surface area contributed by atoms with E-state index < -0.39 is 11.6 Å². The van der Waals surface area contributed by atoms with Gasteiger partial charge in [-0.1, -0.05) is 37.3 Å². The lowest BCUT2D eigenvalue weighted by Gasteiger charge is -2.24. The third-order valence-electron chi connectivity index (χ3n) is 2.38. The quantitative estimate of drug-likeness (QED) is 0.768. The van der Waals surface area contributed by atoms with Gasteiger partial charge >= 0.3 is 5.97 Å². The Kier molecular flexibility index (Phi) is 3.86. The van der Waals surface area contributed by atoms with Crippen LogP contribution in [0.15, 0.2) is 30.3 Å². The predicted molar refractivity (Wildman–Crippen MR) is 57.3 cm³/mol. The fraction of sp³-hybridized carbons (Fsp3) is 0.417. The molecule has 0 saturated carbocycles. The molecule has 0 aromatic heterocycles. The highest BCUT2D eigenvalue weighted by atomic mass is 16.5. The zero-order chi connectivity index (χ0) is 11.3. The maximum atomic E-state index is 11.6. The molecule has 0 amide bonds. The van der Waals surface area contributed by atoms with Crippen LogP contribution in [-0.2, 0) is 15.1 Å². The summed E-state index contributed by atoms with van der Waals surface area (Å²) in [4.78, 5) is 11.6. The smallest absolute Gasteiger partial charge is 0.342 e. The largest absolute Gasteiger partial charge is 0.464 e. The van der Waals surface area contributed by atoms with Crippen molar-refractivity contribution in [2.24, 2.45) is 0 Å². The molecule has 0 aliphatic carbocycles. The first-order chi connectivity index (χ1) is 7.15. The number of aliphatic hydroxyl groups is 1. The van der Waals surface area contributed by atoms with Gasteiger partial charge in [-0.05, 0) is 18.9 Å². The third kappa shape index (κ3) is 2.36. The molecule has 0 aliphatic rings. The maximum Gasteiger partial charge on any atom is 0.342 e. The van der Waals surface area contributed by atoms with Crippen molar-refractivity contribution < 1.29 is 14.6 Å². The van der Waals surface area contributed by atoms with E-state index in [1.54, 1.807) is 38.1 Å². The molecule has 0 saturated heterocycles. The molecule has 0 unspecified atom stereocenters. The summed E-state index contributed by atoms with van der Waals surface area (Å²) in [5.41, 5.74) is -0.942. The van der Waals surface area contributed by atoms with Crippen molar-refractivity contribution in [3.8, 4) is 0 Å². The number of carbonyl (C=O) groups excluding carboxylic acids is 1. The molecular formula is C12H16O3. The molecule has 3 nitrogen and oxygen atoms in total. The van der Waals surface area contributed by atoms with Gasteiger partial charge in [0.05, 0.1) is 6.61 Å². The van der Waals surface area contributed by atoms with Crippen LogP contribution in [0.3, 0.4) is 0 Å². The van der Waals surface area contributed by atoms with E-state index in [9.17, 15) is 9.90 Å². The maximum absolute atomic E-state index is 11.6. The van der Waals surface area contributed by atoms with Gasteiger partial charge in [0.15, 0.2) is 5.60 Å². The summed E-state index contributed by atoms with van der Waals surface area (Å²) in [5, 5.41) is 10.2. The number of rotatable bonds is 4. The Morgan fingerprint density at radius 2 is 1.93 bits per heavy atom. The lowest BCUT2D eigenvalue weighted by Crippen LogP contribution is -2.36. The average molecular weight is 208 g/mol. The summed E-state index contributed by atoms with van der Waals surface area (Å²) < 4.78 is 4.86. The Labute approximate surface area is 89.7 Å². The first-order valence-electron chi connectivity index (χ1n) is 5.10. The fourth-order valence-electron chi connectivity index (χ4n) is 1.43. The second-order valence-electron chi connectivity index (χ2n) is 3.30. The lowest BCUT2D eigenvalue weighted by atomic mass is 9.91. The summed E-state index contributed by atoms with van der Waals surface area (Å²) in [5.74, 6) is -0.585.